The van der Waals surface area contributed by atoms with E-state index in [9.17, 15) is 29.7 Å². The Bertz CT molecular complexity index is 1000. The molecule has 0 heterocycles. The number of nitrogens with two attached hydrogens (primary N) is 1. The number of allylic oxidation sites excluding steroid dienone is 4. The zero-order valence-corrected chi connectivity index (χ0v) is 18.7. The van der Waals surface area contributed by atoms with Crippen molar-refractivity contribution in [1.82, 2.24) is 4.90 Å². The Morgan fingerprint density at radius 1 is 1.13 bits per heavy atom. The second-order valence-corrected chi connectivity index (χ2v) is 9.78. The topological polar surface area (TPSA) is 141 Å². The van der Waals surface area contributed by atoms with Crippen LogP contribution in [0.15, 0.2) is 43.7 Å². The molecule has 0 bridgehead atoms. The van der Waals surface area contributed by atoms with Crippen molar-refractivity contribution >= 4 is 40.1 Å². The van der Waals surface area contributed by atoms with Crippen LogP contribution in [0.25, 0.3) is 0 Å². The first-order valence-corrected chi connectivity index (χ1v) is 10.8. The Hall–Kier alpha value is -2.14. The predicted molar refractivity (Wildman–Crippen MR) is 116 cm³/mol. The predicted octanol–water partition coefficient (Wildman–Crippen LogP) is 1.98. The Labute approximate surface area is 186 Å². The Kier molecular flexibility index (Phi) is 5.08. The van der Waals surface area contributed by atoms with Gasteiger partial charge in [-0.05, 0) is 67.4 Å². The maximum Gasteiger partial charge on any atom is 0.255 e. The fourth-order valence-electron chi connectivity index (χ4n) is 5.50. The van der Waals surface area contributed by atoms with E-state index < -0.39 is 40.6 Å². The molecule has 0 spiro atoms. The van der Waals surface area contributed by atoms with E-state index in [-0.39, 0.29) is 41.4 Å². The molecule has 1 saturated carbocycles. The quantitative estimate of drug-likeness (QED) is 0.319. The van der Waals surface area contributed by atoms with Gasteiger partial charge in [-0.1, -0.05) is 0 Å². The first-order chi connectivity index (χ1) is 14.0. The van der Waals surface area contributed by atoms with E-state index in [4.69, 9.17) is 5.73 Å². The van der Waals surface area contributed by atoms with Gasteiger partial charge in [0.05, 0.1) is 9.50 Å². The van der Waals surface area contributed by atoms with Gasteiger partial charge in [-0.2, -0.15) is 0 Å². The van der Waals surface area contributed by atoms with Gasteiger partial charge >= 0.3 is 0 Å². The number of fused-ring (bicyclic) bond motifs is 3. The summed E-state index contributed by atoms with van der Waals surface area (Å²) in [6.45, 7) is 0. The van der Waals surface area contributed by atoms with E-state index in [1.807, 2.05) is 47.7 Å². The molecule has 4 aliphatic carbocycles. The lowest BCUT2D eigenvalue weighted by atomic mass is 9.59. The van der Waals surface area contributed by atoms with Crippen molar-refractivity contribution in [2.45, 2.75) is 25.3 Å². The molecule has 5 atom stereocenters. The summed E-state index contributed by atoms with van der Waals surface area (Å²) >= 11 is 2.00. The molecule has 1 fully saturated rings. The zero-order valence-electron chi connectivity index (χ0n) is 16.6. The molecule has 0 aromatic rings. The van der Waals surface area contributed by atoms with E-state index in [1.165, 1.54) is 0 Å². The highest BCUT2D eigenvalue weighted by molar-refractivity contribution is 14.1. The molecule has 9 heteroatoms. The molecule has 0 aliphatic heterocycles. The lowest BCUT2D eigenvalue weighted by Crippen LogP contribution is -2.47. The van der Waals surface area contributed by atoms with Crippen LogP contribution in [0.3, 0.4) is 0 Å². The van der Waals surface area contributed by atoms with Crippen LogP contribution in [0.1, 0.15) is 19.3 Å². The Balaban J connectivity index is 1.85. The van der Waals surface area contributed by atoms with Gasteiger partial charge in [0.1, 0.15) is 22.9 Å². The van der Waals surface area contributed by atoms with Crippen molar-refractivity contribution in [2.75, 3.05) is 14.1 Å². The number of Topliss-reactive ketones (excluding diaryl/α,β-unsaturated/α-hetero) is 2. The highest BCUT2D eigenvalue weighted by Gasteiger charge is 2.53. The van der Waals surface area contributed by atoms with Crippen LogP contribution < -0.4 is 5.73 Å². The number of rotatable bonds is 2. The minimum Gasteiger partial charge on any atom is -0.511 e. The molecule has 30 heavy (non-hydrogen) atoms. The maximum absolute atomic E-state index is 13.4. The number of amides is 1. The van der Waals surface area contributed by atoms with Gasteiger partial charge < -0.3 is 26.0 Å². The van der Waals surface area contributed by atoms with Gasteiger partial charge in [0, 0.05) is 29.5 Å². The molecule has 0 saturated heterocycles. The number of carbonyl (C=O) groups is 3. The van der Waals surface area contributed by atoms with Crippen molar-refractivity contribution in [3.63, 3.8) is 0 Å². The molecular weight excluding hydrogens is 503 g/mol. The molecule has 5 N–H and O–H groups in total. The van der Waals surface area contributed by atoms with Crippen molar-refractivity contribution in [3.05, 3.63) is 43.7 Å². The molecule has 4 aliphatic rings. The first-order valence-electron chi connectivity index (χ1n) is 9.75. The highest BCUT2D eigenvalue weighted by Crippen LogP contribution is 2.53. The summed E-state index contributed by atoms with van der Waals surface area (Å²) in [4.78, 5) is 39.3. The second kappa shape index (κ2) is 7.23. The summed E-state index contributed by atoms with van der Waals surface area (Å²) in [5.41, 5.74) is 5.20. The molecule has 1 amide bonds. The number of primary amides is 1. The summed E-state index contributed by atoms with van der Waals surface area (Å²) < 4.78 is 0.589. The highest BCUT2D eigenvalue weighted by atomic mass is 127. The molecule has 0 aromatic carbocycles. The van der Waals surface area contributed by atoms with E-state index in [0.29, 0.717) is 22.0 Å². The fraction of sp³-hybridized carbons (Fsp3) is 0.476. The lowest BCUT2D eigenvalue weighted by Gasteiger charge is -2.46. The van der Waals surface area contributed by atoms with E-state index in [0.717, 1.165) is 0 Å². The van der Waals surface area contributed by atoms with Gasteiger partial charge in [0.2, 0.25) is 0 Å². The number of nitrogens with zero attached hydrogens (tertiary/aromatic N) is 1. The largest absolute Gasteiger partial charge is 0.511 e. The Morgan fingerprint density at radius 3 is 2.40 bits per heavy atom. The minimum absolute atomic E-state index is 0.0448. The summed E-state index contributed by atoms with van der Waals surface area (Å²) in [6.07, 6.45) is 2.84. The smallest absolute Gasteiger partial charge is 0.255 e. The van der Waals surface area contributed by atoms with Crippen molar-refractivity contribution < 1.29 is 29.7 Å². The number of hydrogen-bond acceptors (Lipinski definition) is 7. The second-order valence-electron chi connectivity index (χ2n) is 8.62. The summed E-state index contributed by atoms with van der Waals surface area (Å²) in [5, 5.41) is 32.3. The van der Waals surface area contributed by atoms with Crippen LogP contribution in [0.2, 0.25) is 0 Å². The number of aliphatic hydroxyl groups is 3. The van der Waals surface area contributed by atoms with E-state index in [2.05, 4.69) is 0 Å². The molecule has 8 nitrogen and oxygen atoms in total. The van der Waals surface area contributed by atoms with Gasteiger partial charge in [0.15, 0.2) is 11.6 Å². The van der Waals surface area contributed by atoms with Gasteiger partial charge in [-0.3, -0.25) is 14.4 Å². The van der Waals surface area contributed by atoms with Crippen LogP contribution >= 0.6 is 22.6 Å². The molecule has 5 unspecified atom stereocenters. The van der Waals surface area contributed by atoms with Crippen LogP contribution in [0, 0.1) is 23.7 Å². The van der Waals surface area contributed by atoms with Crippen molar-refractivity contribution in [1.29, 1.82) is 0 Å². The SMILES string of the molecule is CN(C)C1C=C(I)C(O)=C2C(O)=C3C(=O)C4C(O)=C(C(N)=O)C(=O)CC4CC3CC21. The third kappa shape index (κ3) is 2.93. The average Bonchev–Trinajstić information content (AvgIpc) is 2.63. The monoisotopic (exact) mass is 526 g/mol. The summed E-state index contributed by atoms with van der Waals surface area (Å²) in [5.74, 6) is -5.07. The standard InChI is InChI=1S/C21H23IN2O6/c1-24(2)11-6-10(22)17(26)15-9(11)4-7-3-8-5-12(25)16(21(23)30)20(29)14(8)18(27)13(7)19(15)28/h6-9,11,14,26,28-29H,3-5H2,1-2H3,(H2,23,30). The molecule has 0 aromatic heterocycles. The Morgan fingerprint density at radius 2 is 1.80 bits per heavy atom. The fourth-order valence-corrected chi connectivity index (χ4v) is 6.16. The third-order valence-electron chi connectivity index (χ3n) is 6.76. The van der Waals surface area contributed by atoms with Crippen LogP contribution in [0.5, 0.6) is 0 Å². The number of likely N-dealkylation sites (N-methyl/N-ethyl adjacent to an activating group) is 1. The van der Waals surface area contributed by atoms with Crippen LogP contribution in [0.4, 0.5) is 0 Å². The number of ketones is 2. The van der Waals surface area contributed by atoms with Gasteiger partial charge in [-0.25, -0.2) is 0 Å². The van der Waals surface area contributed by atoms with E-state index in [1.54, 1.807) is 0 Å². The number of aliphatic hydroxyl groups excluding tert-OH is 3. The normalized spacial score (nSPS) is 34.0. The van der Waals surface area contributed by atoms with E-state index >= 15 is 0 Å². The lowest BCUT2D eigenvalue weighted by molar-refractivity contribution is -0.128. The zero-order chi connectivity index (χ0) is 22.1. The first kappa shape index (κ1) is 21.1. The van der Waals surface area contributed by atoms with Crippen LogP contribution in [-0.4, -0.2) is 57.8 Å². The number of halogens is 1. The van der Waals surface area contributed by atoms with Crippen molar-refractivity contribution in [3.8, 4) is 0 Å². The maximum atomic E-state index is 13.4. The summed E-state index contributed by atoms with van der Waals surface area (Å²) in [7, 11) is 3.83. The molecular formula is C21H23IN2O6. The summed E-state index contributed by atoms with van der Waals surface area (Å²) in [6, 6.07) is -0.0675. The number of hydrogen-bond donors (Lipinski definition) is 4. The van der Waals surface area contributed by atoms with Crippen molar-refractivity contribution in [2.24, 2.45) is 29.4 Å². The minimum atomic E-state index is -1.08. The molecule has 4 rings (SSSR count). The average molecular weight is 526 g/mol. The van der Waals surface area contributed by atoms with Crippen LogP contribution in [-0.2, 0) is 14.4 Å². The number of carbonyl (C=O) groups excluding carboxylic acids is 3. The molecule has 160 valence electrons. The molecule has 0 radical (unpaired) electrons. The van der Waals surface area contributed by atoms with Gasteiger partial charge in [-0.15, -0.1) is 0 Å². The third-order valence-corrected chi connectivity index (χ3v) is 7.64. The van der Waals surface area contributed by atoms with Gasteiger partial charge in [0.25, 0.3) is 5.91 Å².